The molecule has 5 nitrogen and oxygen atoms in total. The molecule has 0 radical (unpaired) electrons. The molecule has 43 heavy (non-hydrogen) atoms. The first-order chi connectivity index (χ1) is 21.2. The van der Waals surface area contributed by atoms with Gasteiger partial charge in [0, 0.05) is 46.2 Å². The monoisotopic (exact) mass is 558 g/mol. The fraction of sp³-hybridized carbons (Fsp3) is 0.0526. The van der Waals surface area contributed by atoms with E-state index >= 15 is 0 Å². The molecule has 2 aromatic heterocycles. The van der Waals surface area contributed by atoms with Gasteiger partial charge in [0.1, 0.15) is 0 Å². The molecule has 0 bridgehead atoms. The van der Waals surface area contributed by atoms with Gasteiger partial charge in [0.15, 0.2) is 0 Å². The number of hydrogen-bond donors (Lipinski definition) is 1. The minimum atomic E-state index is -0.255. The van der Waals surface area contributed by atoms with Crippen molar-refractivity contribution >= 4 is 33.8 Å². The number of aromatic nitrogens is 2. The molecule has 0 aliphatic heterocycles. The maximum atomic E-state index is 13.0. The first-order valence-corrected chi connectivity index (χ1v) is 14.4. The molecule has 1 amide bonds. The van der Waals surface area contributed by atoms with Crippen LogP contribution in [-0.2, 0) is 6.54 Å². The van der Waals surface area contributed by atoms with Gasteiger partial charge in [-0.2, -0.15) is 5.10 Å². The van der Waals surface area contributed by atoms with Crippen molar-refractivity contribution < 1.29 is 4.79 Å². The Morgan fingerprint density at radius 3 is 2.30 bits per heavy atom. The highest BCUT2D eigenvalue weighted by atomic mass is 16.2. The van der Waals surface area contributed by atoms with E-state index < -0.39 is 0 Å². The second-order valence-corrected chi connectivity index (χ2v) is 10.7. The zero-order valence-corrected chi connectivity index (χ0v) is 23.8. The predicted molar refractivity (Wildman–Crippen MR) is 176 cm³/mol. The van der Waals surface area contributed by atoms with E-state index in [4.69, 9.17) is 0 Å². The number of nitrogens with one attached hydrogen (secondary N) is 1. The molecule has 7 rings (SSSR count). The first-order valence-electron chi connectivity index (χ1n) is 14.4. The zero-order valence-electron chi connectivity index (χ0n) is 23.8. The smallest absolute Gasteiger partial charge is 0.271 e. The summed E-state index contributed by atoms with van der Waals surface area (Å²) in [7, 11) is 0. The van der Waals surface area contributed by atoms with Crippen LogP contribution in [0.5, 0.6) is 0 Å². The van der Waals surface area contributed by atoms with Gasteiger partial charge < -0.3 is 9.13 Å². The summed E-state index contributed by atoms with van der Waals surface area (Å²) in [5.41, 5.74) is 11.0. The van der Waals surface area contributed by atoms with E-state index in [1.54, 1.807) is 6.21 Å². The summed E-state index contributed by atoms with van der Waals surface area (Å²) in [6, 6.07) is 45.3. The van der Waals surface area contributed by atoms with E-state index in [0.29, 0.717) is 5.56 Å². The van der Waals surface area contributed by atoms with Crippen molar-refractivity contribution in [2.75, 3.05) is 0 Å². The normalized spacial score (nSPS) is 11.5. The number of para-hydroxylation sites is 1. The minimum absolute atomic E-state index is 0.255. The van der Waals surface area contributed by atoms with Crippen LogP contribution < -0.4 is 5.43 Å². The number of rotatable bonds is 7. The molecule has 0 atom stereocenters. The number of nitrogens with zero attached hydrogens (tertiary/aromatic N) is 3. The van der Waals surface area contributed by atoms with Crippen molar-refractivity contribution in [1.29, 1.82) is 0 Å². The highest BCUT2D eigenvalue weighted by Gasteiger charge is 2.12. The molecule has 5 heteroatoms. The molecule has 1 N–H and O–H groups in total. The van der Waals surface area contributed by atoms with Gasteiger partial charge in [-0.15, -0.1) is 0 Å². The molecular weight excluding hydrogens is 528 g/mol. The van der Waals surface area contributed by atoms with Crippen molar-refractivity contribution in [3.8, 4) is 16.9 Å². The average Bonchev–Trinajstić information content (AvgIpc) is 3.62. The Kier molecular flexibility index (Phi) is 6.89. The molecule has 0 unspecified atom stereocenters. The van der Waals surface area contributed by atoms with E-state index in [-0.39, 0.29) is 5.91 Å². The number of carbonyl (C=O) groups excluding carboxylic acids is 1. The zero-order chi connectivity index (χ0) is 29.2. The van der Waals surface area contributed by atoms with E-state index in [0.717, 1.165) is 45.6 Å². The van der Waals surface area contributed by atoms with Gasteiger partial charge in [-0.1, -0.05) is 91.0 Å². The molecule has 0 spiro atoms. The molecule has 5 aromatic carbocycles. The van der Waals surface area contributed by atoms with Crippen LogP contribution in [0.4, 0.5) is 0 Å². The summed E-state index contributed by atoms with van der Waals surface area (Å²) >= 11 is 0. The number of aryl methyl sites for hydroxylation is 1. The predicted octanol–water partition coefficient (Wildman–Crippen LogP) is 8.37. The Labute approximate surface area is 250 Å². The summed E-state index contributed by atoms with van der Waals surface area (Å²) in [5.74, 6) is -0.255. The Morgan fingerprint density at radius 2 is 1.47 bits per heavy atom. The third-order valence-corrected chi connectivity index (χ3v) is 7.94. The first kappa shape index (κ1) is 26.2. The molecule has 0 aliphatic carbocycles. The third-order valence-electron chi connectivity index (χ3n) is 7.94. The van der Waals surface area contributed by atoms with Gasteiger partial charge in [0.2, 0.25) is 0 Å². The second kappa shape index (κ2) is 11.3. The van der Waals surface area contributed by atoms with Gasteiger partial charge in [-0.05, 0) is 71.3 Å². The molecule has 0 saturated carbocycles. The average molecular weight is 559 g/mol. The van der Waals surface area contributed by atoms with Crippen molar-refractivity contribution in [2.24, 2.45) is 5.10 Å². The topological polar surface area (TPSA) is 51.3 Å². The molecule has 2 heterocycles. The van der Waals surface area contributed by atoms with E-state index in [9.17, 15) is 4.79 Å². The summed E-state index contributed by atoms with van der Waals surface area (Å²) in [6.07, 6.45) is 3.82. The number of hydrazone groups is 1. The Bertz CT molecular complexity index is 2090. The fourth-order valence-corrected chi connectivity index (χ4v) is 5.83. The molecule has 208 valence electrons. The summed E-state index contributed by atoms with van der Waals surface area (Å²) in [5, 5.41) is 7.90. The van der Waals surface area contributed by atoms with Crippen LogP contribution in [0.3, 0.4) is 0 Å². The molecule has 0 fully saturated rings. The molecular formula is C38H30N4O. The van der Waals surface area contributed by atoms with E-state index in [2.05, 4.69) is 112 Å². The van der Waals surface area contributed by atoms with Crippen LogP contribution in [-0.4, -0.2) is 21.3 Å². The summed E-state index contributed by atoms with van der Waals surface area (Å²) in [4.78, 5) is 13.0. The molecule has 0 aliphatic rings. The van der Waals surface area contributed by atoms with Gasteiger partial charge >= 0.3 is 0 Å². The Morgan fingerprint density at radius 1 is 0.744 bits per heavy atom. The molecule has 7 aromatic rings. The molecule has 0 saturated heterocycles. The van der Waals surface area contributed by atoms with Crippen molar-refractivity contribution in [3.05, 3.63) is 162 Å². The Hall–Kier alpha value is -5.68. The number of amides is 1. The second-order valence-electron chi connectivity index (χ2n) is 10.7. The Balaban J connectivity index is 1.10. The number of benzene rings is 5. The number of carbonyl (C=O) groups is 1. The minimum Gasteiger partial charge on any atom is -0.342 e. The van der Waals surface area contributed by atoms with Gasteiger partial charge in [-0.3, -0.25) is 4.79 Å². The van der Waals surface area contributed by atoms with Crippen molar-refractivity contribution in [3.63, 3.8) is 0 Å². The van der Waals surface area contributed by atoms with E-state index in [1.807, 2.05) is 54.6 Å². The lowest BCUT2D eigenvalue weighted by atomic mass is 10.0. The van der Waals surface area contributed by atoms with Crippen LogP contribution in [0.15, 0.2) is 145 Å². The lowest BCUT2D eigenvalue weighted by Crippen LogP contribution is -2.17. The van der Waals surface area contributed by atoms with Gasteiger partial charge in [0.05, 0.1) is 11.9 Å². The van der Waals surface area contributed by atoms with Gasteiger partial charge in [0.25, 0.3) is 5.91 Å². The van der Waals surface area contributed by atoms with Crippen molar-refractivity contribution in [1.82, 2.24) is 14.6 Å². The highest BCUT2D eigenvalue weighted by Crippen LogP contribution is 2.27. The summed E-state index contributed by atoms with van der Waals surface area (Å²) < 4.78 is 4.44. The maximum Gasteiger partial charge on any atom is 0.271 e. The van der Waals surface area contributed by atoms with Crippen LogP contribution in [0.1, 0.15) is 27.2 Å². The summed E-state index contributed by atoms with van der Waals surface area (Å²) in [6.45, 7) is 2.82. The largest absolute Gasteiger partial charge is 0.342 e. The van der Waals surface area contributed by atoms with E-state index in [1.165, 1.54) is 16.3 Å². The van der Waals surface area contributed by atoms with Crippen LogP contribution >= 0.6 is 0 Å². The highest BCUT2D eigenvalue weighted by molar-refractivity contribution is 6.01. The standard InChI is InChI=1S/C38H30N4O/c1-27-18-23-36(29-11-3-2-4-12-29)42(27)33-21-19-30(20-22-33)38(43)40-39-24-32-26-41(37-17-8-7-16-35(32)37)25-31-14-9-13-28-10-5-6-15-34(28)31/h2-24,26H,25H2,1H3,(H,40,43)/b39-24+. The fourth-order valence-electron chi connectivity index (χ4n) is 5.83. The SMILES string of the molecule is Cc1ccc(-c2ccccc2)n1-c1ccc(C(=O)N/N=C/c2cn(Cc3cccc4ccccc34)c3ccccc23)cc1. The van der Waals surface area contributed by atoms with Gasteiger partial charge in [-0.25, -0.2) is 5.43 Å². The maximum absolute atomic E-state index is 13.0. The van der Waals surface area contributed by atoms with Crippen molar-refractivity contribution in [2.45, 2.75) is 13.5 Å². The van der Waals surface area contributed by atoms with Crippen LogP contribution in [0.2, 0.25) is 0 Å². The van der Waals surface area contributed by atoms with Crippen LogP contribution in [0.25, 0.3) is 38.6 Å². The lowest BCUT2D eigenvalue weighted by Gasteiger charge is -2.12. The number of hydrogen-bond acceptors (Lipinski definition) is 2. The lowest BCUT2D eigenvalue weighted by molar-refractivity contribution is 0.0955. The van der Waals surface area contributed by atoms with Crippen LogP contribution in [0, 0.1) is 6.92 Å². The quantitative estimate of drug-likeness (QED) is 0.155. The third kappa shape index (κ3) is 5.13. The number of fused-ring (bicyclic) bond motifs is 2.